The highest BCUT2D eigenvalue weighted by molar-refractivity contribution is 5.99. The number of pyridine rings is 1. The molecule has 1 saturated heterocycles. The standard InChI is InChI=1S/C25H28N2O3/c28-21-11-19-13-27(14-20(19)12-21)15-22(29)16-30-24-6-5-17-3-1-2-4-23(17)25(24)18-7-9-26-10-8-18/h1-10,19-22,28-29H,11-16H2/t19-,20+,21?,22?. The molecule has 2 fully saturated rings. The van der Waals surface area contributed by atoms with Crippen molar-refractivity contribution >= 4 is 10.8 Å². The number of aliphatic hydroxyl groups excluding tert-OH is 2. The van der Waals surface area contributed by atoms with Crippen LogP contribution < -0.4 is 4.74 Å². The van der Waals surface area contributed by atoms with Crippen molar-refractivity contribution in [3.05, 3.63) is 60.9 Å². The zero-order chi connectivity index (χ0) is 20.5. The first-order valence-corrected chi connectivity index (χ1v) is 10.8. The first-order chi connectivity index (χ1) is 14.7. The van der Waals surface area contributed by atoms with Crippen LogP contribution in [0.3, 0.4) is 0 Å². The minimum atomic E-state index is -0.550. The zero-order valence-corrected chi connectivity index (χ0v) is 17.0. The number of β-amino-alcohol motifs (C(OH)–C–C–N with tert-alkyl or cyclic N) is 1. The molecule has 2 aliphatic rings. The van der Waals surface area contributed by atoms with E-state index in [0.717, 1.165) is 53.6 Å². The molecule has 5 heteroatoms. The molecule has 2 aromatic carbocycles. The van der Waals surface area contributed by atoms with Gasteiger partial charge in [-0.15, -0.1) is 0 Å². The molecule has 1 aromatic heterocycles. The normalized spacial score (nSPS) is 24.8. The lowest BCUT2D eigenvalue weighted by Gasteiger charge is -2.22. The number of likely N-dealkylation sites (tertiary alicyclic amines) is 1. The minimum Gasteiger partial charge on any atom is -0.490 e. The van der Waals surface area contributed by atoms with Gasteiger partial charge >= 0.3 is 0 Å². The van der Waals surface area contributed by atoms with Gasteiger partial charge < -0.3 is 19.8 Å². The fourth-order valence-electron chi connectivity index (χ4n) is 5.24. The predicted molar refractivity (Wildman–Crippen MR) is 117 cm³/mol. The van der Waals surface area contributed by atoms with Crippen LogP contribution >= 0.6 is 0 Å². The van der Waals surface area contributed by atoms with E-state index in [4.69, 9.17) is 4.74 Å². The van der Waals surface area contributed by atoms with Gasteiger partial charge in [0.2, 0.25) is 0 Å². The van der Waals surface area contributed by atoms with E-state index in [1.54, 1.807) is 12.4 Å². The van der Waals surface area contributed by atoms with Crippen molar-refractivity contribution in [2.45, 2.75) is 25.0 Å². The lowest BCUT2D eigenvalue weighted by atomic mass is 9.98. The van der Waals surface area contributed by atoms with Crippen molar-refractivity contribution in [2.24, 2.45) is 11.8 Å². The SMILES string of the molecule is OC1C[C@@H]2CN(CC(O)COc3ccc4ccccc4c3-c3ccncc3)C[C@@H]2C1. The van der Waals surface area contributed by atoms with E-state index in [9.17, 15) is 10.2 Å². The fraction of sp³-hybridized carbons (Fsp3) is 0.400. The van der Waals surface area contributed by atoms with E-state index in [1.807, 2.05) is 30.3 Å². The Balaban J connectivity index is 1.30. The van der Waals surface area contributed by atoms with Gasteiger partial charge in [0.1, 0.15) is 18.5 Å². The molecule has 1 aliphatic carbocycles. The van der Waals surface area contributed by atoms with Gasteiger partial charge in [0.15, 0.2) is 0 Å². The third-order valence-corrected chi connectivity index (χ3v) is 6.56. The molecule has 5 nitrogen and oxygen atoms in total. The van der Waals surface area contributed by atoms with Gasteiger partial charge in [-0.3, -0.25) is 4.98 Å². The summed E-state index contributed by atoms with van der Waals surface area (Å²) in [6.07, 6.45) is 4.70. The number of aromatic nitrogens is 1. The summed E-state index contributed by atoms with van der Waals surface area (Å²) in [4.78, 5) is 6.46. The number of benzene rings is 2. The Hall–Kier alpha value is -2.47. The van der Waals surface area contributed by atoms with Crippen LogP contribution in [-0.2, 0) is 0 Å². The van der Waals surface area contributed by atoms with Crippen molar-refractivity contribution in [1.82, 2.24) is 9.88 Å². The highest BCUT2D eigenvalue weighted by Crippen LogP contribution is 2.39. The molecule has 4 atom stereocenters. The second kappa shape index (κ2) is 8.34. The first-order valence-electron chi connectivity index (χ1n) is 10.8. The van der Waals surface area contributed by atoms with Crippen molar-refractivity contribution in [1.29, 1.82) is 0 Å². The zero-order valence-electron chi connectivity index (χ0n) is 17.0. The van der Waals surface area contributed by atoms with E-state index < -0.39 is 6.10 Å². The molecule has 1 aliphatic heterocycles. The highest BCUT2D eigenvalue weighted by Gasteiger charge is 2.40. The Morgan fingerprint density at radius 2 is 1.73 bits per heavy atom. The van der Waals surface area contributed by atoms with Crippen LogP contribution in [0.2, 0.25) is 0 Å². The summed E-state index contributed by atoms with van der Waals surface area (Å²) in [5.74, 6) is 1.93. The lowest BCUT2D eigenvalue weighted by molar-refractivity contribution is 0.0710. The topological polar surface area (TPSA) is 65.8 Å². The van der Waals surface area contributed by atoms with E-state index >= 15 is 0 Å². The lowest BCUT2D eigenvalue weighted by Crippen LogP contribution is -2.35. The third kappa shape index (κ3) is 3.93. The van der Waals surface area contributed by atoms with Gasteiger partial charge in [-0.25, -0.2) is 0 Å². The number of ether oxygens (including phenoxy) is 1. The van der Waals surface area contributed by atoms with Gasteiger partial charge in [0, 0.05) is 37.6 Å². The molecule has 0 spiro atoms. The smallest absolute Gasteiger partial charge is 0.127 e. The Morgan fingerprint density at radius 3 is 2.50 bits per heavy atom. The Morgan fingerprint density at radius 1 is 1.00 bits per heavy atom. The second-order valence-corrected chi connectivity index (χ2v) is 8.72. The highest BCUT2D eigenvalue weighted by atomic mass is 16.5. The van der Waals surface area contributed by atoms with Crippen molar-refractivity contribution < 1.29 is 14.9 Å². The Bertz CT molecular complexity index is 996. The average molecular weight is 405 g/mol. The van der Waals surface area contributed by atoms with Crippen LogP contribution in [0.1, 0.15) is 12.8 Å². The molecule has 2 unspecified atom stereocenters. The van der Waals surface area contributed by atoms with Crippen LogP contribution in [0.15, 0.2) is 60.9 Å². The van der Waals surface area contributed by atoms with Crippen LogP contribution in [0.4, 0.5) is 0 Å². The average Bonchev–Trinajstić information content (AvgIpc) is 3.28. The summed E-state index contributed by atoms with van der Waals surface area (Å²) in [7, 11) is 0. The van der Waals surface area contributed by atoms with Gasteiger partial charge in [-0.2, -0.15) is 0 Å². The number of rotatable bonds is 6. The van der Waals surface area contributed by atoms with Crippen LogP contribution in [0.5, 0.6) is 5.75 Å². The number of aliphatic hydroxyl groups is 2. The maximum absolute atomic E-state index is 10.6. The summed E-state index contributed by atoms with van der Waals surface area (Å²) in [5, 5.41) is 22.7. The van der Waals surface area contributed by atoms with E-state index in [0.29, 0.717) is 18.4 Å². The molecular formula is C25H28N2O3. The second-order valence-electron chi connectivity index (χ2n) is 8.72. The maximum Gasteiger partial charge on any atom is 0.127 e. The van der Waals surface area contributed by atoms with Gasteiger partial charge in [-0.1, -0.05) is 30.3 Å². The summed E-state index contributed by atoms with van der Waals surface area (Å²) < 4.78 is 6.15. The summed E-state index contributed by atoms with van der Waals surface area (Å²) in [6, 6.07) is 16.3. The third-order valence-electron chi connectivity index (χ3n) is 6.56. The number of hydrogen-bond donors (Lipinski definition) is 2. The molecule has 0 amide bonds. The monoisotopic (exact) mass is 404 g/mol. The van der Waals surface area contributed by atoms with Crippen molar-refractivity contribution in [3.8, 4) is 16.9 Å². The van der Waals surface area contributed by atoms with Crippen LogP contribution in [0, 0.1) is 11.8 Å². The van der Waals surface area contributed by atoms with Gasteiger partial charge in [0.05, 0.1) is 6.10 Å². The number of nitrogens with zero attached hydrogens (tertiary/aromatic N) is 2. The van der Waals surface area contributed by atoms with E-state index in [-0.39, 0.29) is 12.7 Å². The summed E-state index contributed by atoms with van der Waals surface area (Å²) in [6.45, 7) is 2.81. The number of fused-ring (bicyclic) bond motifs is 2. The molecule has 5 rings (SSSR count). The molecule has 1 saturated carbocycles. The molecule has 2 N–H and O–H groups in total. The number of hydrogen-bond acceptors (Lipinski definition) is 5. The van der Waals surface area contributed by atoms with Gasteiger partial charge in [0.25, 0.3) is 0 Å². The molecule has 3 aromatic rings. The summed E-state index contributed by atoms with van der Waals surface area (Å²) >= 11 is 0. The molecule has 0 radical (unpaired) electrons. The molecule has 156 valence electrons. The molecule has 30 heavy (non-hydrogen) atoms. The maximum atomic E-state index is 10.6. The van der Waals surface area contributed by atoms with Crippen LogP contribution in [-0.4, -0.2) is 58.5 Å². The molecule has 0 bridgehead atoms. The largest absolute Gasteiger partial charge is 0.490 e. The molecule has 2 heterocycles. The van der Waals surface area contributed by atoms with Crippen molar-refractivity contribution in [2.75, 3.05) is 26.2 Å². The van der Waals surface area contributed by atoms with Crippen molar-refractivity contribution in [3.63, 3.8) is 0 Å². The van der Waals surface area contributed by atoms with Gasteiger partial charge in [-0.05, 0) is 59.2 Å². The fourth-order valence-corrected chi connectivity index (χ4v) is 5.24. The first kappa shape index (κ1) is 19.5. The van der Waals surface area contributed by atoms with E-state index in [2.05, 4.69) is 28.1 Å². The quantitative estimate of drug-likeness (QED) is 0.660. The summed E-state index contributed by atoms with van der Waals surface area (Å²) in [5.41, 5.74) is 2.09. The Kier molecular flexibility index (Phi) is 5.42. The van der Waals surface area contributed by atoms with Crippen LogP contribution in [0.25, 0.3) is 21.9 Å². The molecular weight excluding hydrogens is 376 g/mol. The predicted octanol–water partition coefficient (Wildman–Crippen LogP) is 3.34. The Labute approximate surface area is 176 Å². The van der Waals surface area contributed by atoms with E-state index in [1.165, 1.54) is 0 Å². The minimum absolute atomic E-state index is 0.130.